The number of benzene rings is 1. The van der Waals surface area contributed by atoms with Crippen molar-refractivity contribution in [1.29, 1.82) is 0 Å². The Morgan fingerprint density at radius 2 is 2.05 bits per heavy atom. The number of aliphatic hydroxyl groups excluding tert-OH is 1. The van der Waals surface area contributed by atoms with Crippen molar-refractivity contribution < 1.29 is 14.7 Å². The summed E-state index contributed by atoms with van der Waals surface area (Å²) in [6.07, 6.45) is -0.918. The highest BCUT2D eigenvalue weighted by molar-refractivity contribution is 6.34. The Hall–Kier alpha value is -1.34. The molecule has 0 bridgehead atoms. The minimum atomic E-state index is -0.918. The number of carbonyl (C=O) groups is 2. The van der Waals surface area contributed by atoms with Gasteiger partial charge in [0.15, 0.2) is 0 Å². The molecule has 1 atom stereocenters. The van der Waals surface area contributed by atoms with Crippen LogP contribution in [0.3, 0.4) is 0 Å². The fourth-order valence-electron chi connectivity index (χ4n) is 2.14. The maximum Gasteiger partial charge on any atom is 0.239 e. The molecule has 1 aromatic carbocycles. The van der Waals surface area contributed by atoms with Gasteiger partial charge in [-0.2, -0.15) is 0 Å². The smallest absolute Gasteiger partial charge is 0.239 e. The molecule has 0 aromatic heterocycles. The number of nitrogens with zero attached hydrogens (tertiary/aromatic N) is 1. The SMILES string of the molecule is O=C(CN1CCNCC1=O)NC[C@H](O)c1cc(Cl)cc(Cl)c1. The van der Waals surface area contributed by atoms with Gasteiger partial charge in [0.2, 0.25) is 11.8 Å². The molecule has 6 nitrogen and oxygen atoms in total. The molecule has 1 saturated heterocycles. The topological polar surface area (TPSA) is 81.7 Å². The molecule has 1 aromatic rings. The highest BCUT2D eigenvalue weighted by Crippen LogP contribution is 2.23. The van der Waals surface area contributed by atoms with Crippen molar-refractivity contribution >= 4 is 35.0 Å². The van der Waals surface area contributed by atoms with Crippen LogP contribution in [0, 0.1) is 0 Å². The minimum absolute atomic E-state index is 0.0104. The van der Waals surface area contributed by atoms with Gasteiger partial charge in [-0.3, -0.25) is 9.59 Å². The van der Waals surface area contributed by atoms with E-state index in [2.05, 4.69) is 10.6 Å². The van der Waals surface area contributed by atoms with Crippen LogP contribution in [0.2, 0.25) is 10.0 Å². The van der Waals surface area contributed by atoms with Crippen LogP contribution in [0.5, 0.6) is 0 Å². The highest BCUT2D eigenvalue weighted by atomic mass is 35.5. The van der Waals surface area contributed by atoms with Crippen molar-refractivity contribution in [3.63, 3.8) is 0 Å². The van der Waals surface area contributed by atoms with Gasteiger partial charge < -0.3 is 20.6 Å². The Morgan fingerprint density at radius 3 is 2.68 bits per heavy atom. The van der Waals surface area contributed by atoms with Crippen LogP contribution in [0.15, 0.2) is 18.2 Å². The van der Waals surface area contributed by atoms with E-state index in [4.69, 9.17) is 23.2 Å². The van der Waals surface area contributed by atoms with Crippen molar-refractivity contribution in [2.45, 2.75) is 6.10 Å². The van der Waals surface area contributed by atoms with Crippen LogP contribution in [-0.2, 0) is 9.59 Å². The molecule has 22 heavy (non-hydrogen) atoms. The average molecular weight is 346 g/mol. The number of hydrogen-bond acceptors (Lipinski definition) is 4. The Kier molecular flexibility index (Phi) is 6.02. The number of piperazine rings is 1. The average Bonchev–Trinajstić information content (AvgIpc) is 2.46. The number of carbonyl (C=O) groups excluding carboxylic acids is 2. The van der Waals surface area contributed by atoms with Gasteiger partial charge >= 0.3 is 0 Å². The zero-order valence-corrected chi connectivity index (χ0v) is 13.3. The van der Waals surface area contributed by atoms with Crippen LogP contribution < -0.4 is 10.6 Å². The summed E-state index contributed by atoms with van der Waals surface area (Å²) in [4.78, 5) is 24.9. The number of rotatable bonds is 5. The molecule has 0 unspecified atom stereocenters. The number of halogens is 2. The zero-order chi connectivity index (χ0) is 16.1. The quantitative estimate of drug-likeness (QED) is 0.728. The second-order valence-electron chi connectivity index (χ2n) is 5.01. The summed E-state index contributed by atoms with van der Waals surface area (Å²) >= 11 is 11.7. The lowest BCUT2D eigenvalue weighted by Crippen LogP contribution is -2.51. The zero-order valence-electron chi connectivity index (χ0n) is 11.8. The standard InChI is InChI=1S/C14H17Cl2N3O3/c15-10-3-9(4-11(16)5-10)12(20)6-18-13(21)8-19-2-1-17-7-14(19)22/h3-5,12,17,20H,1-2,6-8H2,(H,18,21)/t12-/m0/s1. The Morgan fingerprint density at radius 1 is 1.36 bits per heavy atom. The van der Waals surface area contributed by atoms with Gasteiger partial charge in [0.25, 0.3) is 0 Å². The number of aliphatic hydroxyl groups is 1. The van der Waals surface area contributed by atoms with Crippen LogP contribution in [0.1, 0.15) is 11.7 Å². The minimum Gasteiger partial charge on any atom is -0.387 e. The molecule has 0 radical (unpaired) electrons. The summed E-state index contributed by atoms with van der Waals surface area (Å²) in [5, 5.41) is 16.4. The first kappa shape index (κ1) is 17.0. The molecular weight excluding hydrogens is 329 g/mol. The van der Waals surface area contributed by atoms with Gasteiger partial charge in [-0.25, -0.2) is 0 Å². The molecule has 8 heteroatoms. The molecule has 0 spiro atoms. The first-order valence-corrected chi connectivity index (χ1v) is 7.60. The molecule has 0 saturated carbocycles. The summed E-state index contributed by atoms with van der Waals surface area (Å²) in [7, 11) is 0. The van der Waals surface area contributed by atoms with Gasteiger partial charge in [-0.15, -0.1) is 0 Å². The fourth-order valence-corrected chi connectivity index (χ4v) is 2.68. The van der Waals surface area contributed by atoms with Gasteiger partial charge in [-0.1, -0.05) is 23.2 Å². The van der Waals surface area contributed by atoms with E-state index in [0.29, 0.717) is 28.7 Å². The second-order valence-corrected chi connectivity index (χ2v) is 5.89. The maximum absolute atomic E-state index is 11.8. The molecular formula is C14H17Cl2N3O3. The predicted molar refractivity (Wildman–Crippen MR) is 83.9 cm³/mol. The third kappa shape index (κ3) is 4.84. The van der Waals surface area contributed by atoms with Crippen molar-refractivity contribution in [2.75, 3.05) is 32.7 Å². The van der Waals surface area contributed by atoms with Gasteiger partial charge in [0.05, 0.1) is 19.2 Å². The number of nitrogens with one attached hydrogen (secondary N) is 2. The summed E-state index contributed by atoms with van der Waals surface area (Å²) in [6, 6.07) is 4.74. The molecule has 3 N–H and O–H groups in total. The highest BCUT2D eigenvalue weighted by Gasteiger charge is 2.20. The molecule has 1 aliphatic rings. The van der Waals surface area contributed by atoms with Crippen LogP contribution >= 0.6 is 23.2 Å². The first-order chi connectivity index (χ1) is 10.5. The fraction of sp³-hybridized carbons (Fsp3) is 0.429. The third-order valence-electron chi connectivity index (χ3n) is 3.28. The van der Waals surface area contributed by atoms with Gasteiger partial charge in [0, 0.05) is 29.7 Å². The third-order valence-corrected chi connectivity index (χ3v) is 3.72. The molecule has 2 rings (SSSR count). The first-order valence-electron chi connectivity index (χ1n) is 6.85. The number of amides is 2. The lowest BCUT2D eigenvalue weighted by Gasteiger charge is -2.26. The number of hydrogen-bond donors (Lipinski definition) is 3. The summed E-state index contributed by atoms with van der Waals surface area (Å²) < 4.78 is 0. The van der Waals surface area contributed by atoms with E-state index in [0.717, 1.165) is 0 Å². The second kappa shape index (κ2) is 7.78. The summed E-state index contributed by atoms with van der Waals surface area (Å²) in [6.45, 7) is 1.43. The summed E-state index contributed by atoms with van der Waals surface area (Å²) in [5.41, 5.74) is 0.524. The van der Waals surface area contributed by atoms with Crippen molar-refractivity contribution in [2.24, 2.45) is 0 Å². The Balaban J connectivity index is 1.83. The Bertz CT molecular complexity index is 548. The van der Waals surface area contributed by atoms with E-state index in [-0.39, 0.29) is 31.4 Å². The van der Waals surface area contributed by atoms with Crippen molar-refractivity contribution in [1.82, 2.24) is 15.5 Å². The lowest BCUT2D eigenvalue weighted by molar-refractivity contribution is -0.136. The van der Waals surface area contributed by atoms with Crippen molar-refractivity contribution in [3.05, 3.63) is 33.8 Å². The largest absolute Gasteiger partial charge is 0.387 e. The van der Waals surface area contributed by atoms with E-state index >= 15 is 0 Å². The van der Waals surface area contributed by atoms with Crippen LogP contribution in [0.4, 0.5) is 0 Å². The summed E-state index contributed by atoms with van der Waals surface area (Å²) in [5.74, 6) is -0.425. The van der Waals surface area contributed by atoms with E-state index in [1.807, 2.05) is 0 Å². The molecule has 1 aliphatic heterocycles. The molecule has 0 aliphatic carbocycles. The molecule has 1 heterocycles. The predicted octanol–water partition coefficient (Wildman–Crippen LogP) is 0.575. The van der Waals surface area contributed by atoms with Crippen LogP contribution in [-0.4, -0.2) is 54.5 Å². The monoisotopic (exact) mass is 345 g/mol. The molecule has 1 fully saturated rings. The van der Waals surface area contributed by atoms with Crippen LogP contribution in [0.25, 0.3) is 0 Å². The van der Waals surface area contributed by atoms with Gasteiger partial charge in [0.1, 0.15) is 0 Å². The maximum atomic E-state index is 11.8. The van der Waals surface area contributed by atoms with Crippen molar-refractivity contribution in [3.8, 4) is 0 Å². The van der Waals surface area contributed by atoms with E-state index in [1.54, 1.807) is 18.2 Å². The van der Waals surface area contributed by atoms with E-state index in [9.17, 15) is 14.7 Å². The lowest BCUT2D eigenvalue weighted by atomic mass is 10.1. The Labute approximate surface area is 138 Å². The van der Waals surface area contributed by atoms with Gasteiger partial charge in [-0.05, 0) is 23.8 Å². The normalized spacial score (nSPS) is 16.5. The molecule has 120 valence electrons. The van der Waals surface area contributed by atoms with E-state index < -0.39 is 6.10 Å². The van der Waals surface area contributed by atoms with E-state index in [1.165, 1.54) is 4.90 Å². The molecule has 2 amide bonds.